The largest absolute Gasteiger partial charge is 0.549 e. The molecule has 23 heavy (non-hydrogen) atoms. The number of nitrogens with zero attached hydrogens (tertiary/aromatic N) is 3. The molecule has 2 heterocycles. The fraction of sp³-hybridized carbons (Fsp3) is 0.471. The average molecular weight is 313 g/mol. The van der Waals surface area contributed by atoms with Crippen LogP contribution in [0.3, 0.4) is 0 Å². The lowest BCUT2D eigenvalue weighted by molar-refractivity contribution is -0.308. The predicted molar refractivity (Wildman–Crippen MR) is 84.5 cm³/mol. The molecule has 1 aliphatic rings. The summed E-state index contributed by atoms with van der Waals surface area (Å²) in [5, 5.41) is 11.6. The molecule has 1 saturated carbocycles. The van der Waals surface area contributed by atoms with Gasteiger partial charge < -0.3 is 20.2 Å². The zero-order valence-corrected chi connectivity index (χ0v) is 13.0. The molecule has 0 radical (unpaired) electrons. The standard InChI is InChI=1S/C17H22N4O2/c18-16-7-6-12(9-19-16)8-14(17(22)23)15-10-21(11-20-15)13-4-2-1-3-5-13/h6-7,9-11,13-14H,1-5,8H2,(H2,18,19)(H,22,23)/p-1. The Balaban J connectivity index is 1.77. The van der Waals surface area contributed by atoms with Gasteiger partial charge in [0.2, 0.25) is 0 Å². The van der Waals surface area contributed by atoms with Gasteiger partial charge in [-0.2, -0.15) is 0 Å². The van der Waals surface area contributed by atoms with Crippen molar-refractivity contribution < 1.29 is 9.90 Å². The Morgan fingerprint density at radius 3 is 2.74 bits per heavy atom. The smallest absolute Gasteiger partial charge is 0.123 e. The van der Waals surface area contributed by atoms with Gasteiger partial charge in [-0.3, -0.25) is 0 Å². The van der Waals surface area contributed by atoms with E-state index in [4.69, 9.17) is 5.73 Å². The van der Waals surface area contributed by atoms with Crippen molar-refractivity contribution in [2.24, 2.45) is 0 Å². The Bertz CT molecular complexity index is 659. The van der Waals surface area contributed by atoms with Crippen LogP contribution in [0.2, 0.25) is 0 Å². The molecule has 0 aliphatic heterocycles. The van der Waals surface area contributed by atoms with Crippen LogP contribution in [0.4, 0.5) is 5.82 Å². The summed E-state index contributed by atoms with van der Waals surface area (Å²) >= 11 is 0. The molecule has 1 atom stereocenters. The molecule has 3 rings (SSSR count). The third-order valence-corrected chi connectivity index (χ3v) is 4.55. The topological polar surface area (TPSA) is 96.9 Å². The SMILES string of the molecule is Nc1ccc(CC(C(=O)[O-])c2cn(C3CCCCC3)cn2)cn1. The predicted octanol–water partition coefficient (Wildman–Crippen LogP) is 1.44. The van der Waals surface area contributed by atoms with Gasteiger partial charge in [-0.05, 0) is 30.9 Å². The molecule has 0 saturated heterocycles. The van der Waals surface area contributed by atoms with E-state index in [2.05, 4.69) is 14.5 Å². The van der Waals surface area contributed by atoms with Crippen LogP contribution in [0, 0.1) is 0 Å². The number of carbonyl (C=O) groups excluding carboxylic acids is 1. The lowest BCUT2D eigenvalue weighted by Crippen LogP contribution is -2.31. The molecular weight excluding hydrogens is 292 g/mol. The van der Waals surface area contributed by atoms with Crippen molar-refractivity contribution in [1.29, 1.82) is 0 Å². The van der Waals surface area contributed by atoms with Gasteiger partial charge in [-0.1, -0.05) is 25.3 Å². The number of hydrogen-bond acceptors (Lipinski definition) is 5. The molecule has 1 unspecified atom stereocenters. The van der Waals surface area contributed by atoms with Gasteiger partial charge in [0.1, 0.15) is 5.82 Å². The minimum Gasteiger partial charge on any atom is -0.549 e. The number of carboxylic acid groups (broad SMARTS) is 1. The third-order valence-electron chi connectivity index (χ3n) is 4.55. The fourth-order valence-electron chi connectivity index (χ4n) is 3.21. The summed E-state index contributed by atoms with van der Waals surface area (Å²) in [5.74, 6) is -1.47. The van der Waals surface area contributed by atoms with Crippen molar-refractivity contribution in [3.8, 4) is 0 Å². The Morgan fingerprint density at radius 2 is 2.09 bits per heavy atom. The maximum atomic E-state index is 11.6. The minimum absolute atomic E-state index is 0.303. The quantitative estimate of drug-likeness (QED) is 0.901. The van der Waals surface area contributed by atoms with E-state index in [-0.39, 0.29) is 0 Å². The molecule has 6 heteroatoms. The zero-order valence-electron chi connectivity index (χ0n) is 13.0. The van der Waals surface area contributed by atoms with E-state index >= 15 is 0 Å². The molecular formula is C17H21N4O2-. The van der Waals surface area contributed by atoms with Crippen molar-refractivity contribution in [3.05, 3.63) is 42.1 Å². The Hall–Kier alpha value is -2.37. The molecule has 0 spiro atoms. The summed E-state index contributed by atoms with van der Waals surface area (Å²) in [5.41, 5.74) is 6.91. The normalized spacial score (nSPS) is 17.0. The van der Waals surface area contributed by atoms with Crippen LogP contribution in [0.5, 0.6) is 0 Å². The zero-order chi connectivity index (χ0) is 16.2. The summed E-state index contributed by atoms with van der Waals surface area (Å²) in [6.45, 7) is 0. The van der Waals surface area contributed by atoms with Crippen LogP contribution in [0.25, 0.3) is 0 Å². The number of nitrogens with two attached hydrogens (primary N) is 1. The number of nitrogen functional groups attached to an aromatic ring is 1. The van der Waals surface area contributed by atoms with Gasteiger partial charge in [0, 0.05) is 24.4 Å². The molecule has 6 nitrogen and oxygen atoms in total. The number of hydrogen-bond donors (Lipinski definition) is 1. The molecule has 122 valence electrons. The van der Waals surface area contributed by atoms with E-state index in [1.165, 1.54) is 19.3 Å². The highest BCUT2D eigenvalue weighted by Gasteiger charge is 2.20. The average Bonchev–Trinajstić information content (AvgIpc) is 3.04. The van der Waals surface area contributed by atoms with Crippen LogP contribution in [-0.4, -0.2) is 20.5 Å². The van der Waals surface area contributed by atoms with Crippen molar-refractivity contribution >= 4 is 11.8 Å². The van der Waals surface area contributed by atoms with E-state index in [1.54, 1.807) is 24.7 Å². The number of imidazole rings is 1. The van der Waals surface area contributed by atoms with E-state index in [1.807, 2.05) is 6.20 Å². The minimum atomic E-state index is -1.12. The first-order valence-corrected chi connectivity index (χ1v) is 8.08. The van der Waals surface area contributed by atoms with Gasteiger partial charge >= 0.3 is 0 Å². The van der Waals surface area contributed by atoms with Gasteiger partial charge in [-0.15, -0.1) is 0 Å². The van der Waals surface area contributed by atoms with Crippen molar-refractivity contribution in [2.75, 3.05) is 5.73 Å². The van der Waals surface area contributed by atoms with Crippen LogP contribution < -0.4 is 10.8 Å². The van der Waals surface area contributed by atoms with Gasteiger partial charge in [0.05, 0.1) is 18.0 Å². The molecule has 2 aromatic rings. The maximum Gasteiger partial charge on any atom is 0.123 e. The highest BCUT2D eigenvalue weighted by Crippen LogP contribution is 2.29. The van der Waals surface area contributed by atoms with Gasteiger partial charge in [-0.25, -0.2) is 9.97 Å². The van der Waals surface area contributed by atoms with Crippen molar-refractivity contribution in [3.63, 3.8) is 0 Å². The van der Waals surface area contributed by atoms with E-state index < -0.39 is 11.9 Å². The Labute approximate surface area is 135 Å². The first kappa shape index (κ1) is 15.5. The first-order chi connectivity index (χ1) is 11.1. The van der Waals surface area contributed by atoms with E-state index in [9.17, 15) is 9.90 Å². The number of anilines is 1. The molecule has 0 aromatic carbocycles. The highest BCUT2D eigenvalue weighted by atomic mass is 16.4. The van der Waals surface area contributed by atoms with Crippen molar-refractivity contribution in [1.82, 2.24) is 14.5 Å². The fourth-order valence-corrected chi connectivity index (χ4v) is 3.21. The molecule has 0 amide bonds. The second-order valence-corrected chi connectivity index (χ2v) is 6.20. The summed E-state index contributed by atoms with van der Waals surface area (Å²) in [6, 6.07) is 3.89. The second kappa shape index (κ2) is 6.81. The van der Waals surface area contributed by atoms with E-state index in [0.717, 1.165) is 18.4 Å². The number of aromatic nitrogens is 3. The van der Waals surface area contributed by atoms with Gasteiger partial charge in [0.15, 0.2) is 0 Å². The first-order valence-electron chi connectivity index (χ1n) is 8.08. The van der Waals surface area contributed by atoms with Crippen LogP contribution in [0.1, 0.15) is 55.3 Å². The Morgan fingerprint density at radius 1 is 1.30 bits per heavy atom. The molecule has 2 aromatic heterocycles. The van der Waals surface area contributed by atoms with Crippen molar-refractivity contribution in [2.45, 2.75) is 50.5 Å². The number of aliphatic carboxylic acids is 1. The molecule has 1 fully saturated rings. The molecule has 2 N–H and O–H groups in total. The summed E-state index contributed by atoms with van der Waals surface area (Å²) < 4.78 is 2.06. The number of rotatable bonds is 5. The van der Waals surface area contributed by atoms with Crippen LogP contribution in [-0.2, 0) is 11.2 Å². The Kier molecular flexibility index (Phi) is 4.60. The molecule has 0 bridgehead atoms. The summed E-state index contributed by atoms with van der Waals surface area (Å²) in [6.07, 6.45) is 11.5. The van der Waals surface area contributed by atoms with Crippen LogP contribution in [0.15, 0.2) is 30.9 Å². The maximum absolute atomic E-state index is 11.6. The van der Waals surface area contributed by atoms with Gasteiger partial charge in [0.25, 0.3) is 0 Å². The number of pyridine rings is 1. The lowest BCUT2D eigenvalue weighted by Gasteiger charge is -2.22. The summed E-state index contributed by atoms with van der Waals surface area (Å²) in [7, 11) is 0. The molecule has 1 aliphatic carbocycles. The number of carboxylic acids is 1. The van der Waals surface area contributed by atoms with Crippen LogP contribution >= 0.6 is 0 Å². The monoisotopic (exact) mass is 313 g/mol. The highest BCUT2D eigenvalue weighted by molar-refractivity contribution is 5.73. The second-order valence-electron chi connectivity index (χ2n) is 6.20. The lowest BCUT2D eigenvalue weighted by atomic mass is 9.95. The number of carbonyl (C=O) groups is 1. The third kappa shape index (κ3) is 3.70. The summed E-state index contributed by atoms with van der Waals surface area (Å²) in [4.78, 5) is 19.9. The van der Waals surface area contributed by atoms with E-state index in [0.29, 0.717) is 24.0 Å².